The standard InChI is InChI=1S/C20H55N5Si4/c1-11-26(12-2,13-3)24(21)28(17-7,18-8)23-29(19-9,20-10)25(22)27(14-4,15-5)16-6/h23H,11-22H2,1-10H3. The number of nitrogens with zero attached hydrogens (tertiary/aromatic N) is 2. The van der Waals surface area contributed by atoms with Gasteiger partial charge in [-0.25, -0.2) is 0 Å². The van der Waals surface area contributed by atoms with Crippen LogP contribution in [0.3, 0.4) is 0 Å². The van der Waals surface area contributed by atoms with Crippen LogP contribution in [0.1, 0.15) is 69.2 Å². The van der Waals surface area contributed by atoms with Gasteiger partial charge in [0.2, 0.25) is 16.8 Å². The molecule has 5 N–H and O–H groups in total. The molecule has 0 saturated carbocycles. The van der Waals surface area contributed by atoms with E-state index in [4.69, 9.17) is 11.7 Å². The summed E-state index contributed by atoms with van der Waals surface area (Å²) in [5.74, 6) is 14.4. The van der Waals surface area contributed by atoms with Gasteiger partial charge in [0.05, 0.1) is 0 Å². The molecule has 0 saturated heterocycles. The molecule has 176 valence electrons. The lowest BCUT2D eigenvalue weighted by molar-refractivity contribution is 0.574. The molecule has 0 aromatic heterocycles. The summed E-state index contributed by atoms with van der Waals surface area (Å²) in [7, 11) is -7.32. The molecule has 0 atom stereocenters. The number of nitrogens with one attached hydrogen (secondary N) is 1. The van der Waals surface area contributed by atoms with Crippen molar-refractivity contribution < 1.29 is 0 Å². The quantitative estimate of drug-likeness (QED) is 0.147. The van der Waals surface area contributed by atoms with Gasteiger partial charge in [-0.05, 0) is 60.4 Å². The van der Waals surface area contributed by atoms with E-state index in [0.29, 0.717) is 0 Å². The molecule has 5 nitrogen and oxygen atoms in total. The zero-order valence-corrected chi connectivity index (χ0v) is 25.6. The fraction of sp³-hybridized carbons (Fsp3) is 1.00. The van der Waals surface area contributed by atoms with Crippen LogP contribution in [0, 0.1) is 0 Å². The second-order valence-corrected chi connectivity index (χ2v) is 28.8. The van der Waals surface area contributed by atoms with Crippen LogP contribution in [0.4, 0.5) is 0 Å². The van der Waals surface area contributed by atoms with Crippen molar-refractivity contribution in [3.05, 3.63) is 0 Å². The smallest absolute Gasteiger partial charge is 0.204 e. The predicted molar refractivity (Wildman–Crippen MR) is 143 cm³/mol. The van der Waals surface area contributed by atoms with Crippen LogP contribution in [-0.4, -0.2) is 41.9 Å². The highest BCUT2D eigenvalue weighted by Crippen LogP contribution is 2.34. The third-order valence-electron chi connectivity index (χ3n) is 8.70. The van der Waals surface area contributed by atoms with Crippen LogP contribution in [0.5, 0.6) is 0 Å². The largest absolute Gasteiger partial charge is 0.334 e. The number of nitrogens with two attached hydrogens (primary N) is 2. The van der Waals surface area contributed by atoms with Crippen LogP contribution >= 0.6 is 0 Å². The minimum Gasteiger partial charge on any atom is -0.334 e. The molecule has 0 aliphatic rings. The monoisotopic (exact) mass is 477 g/mol. The second-order valence-electron chi connectivity index (χ2n) is 8.91. The van der Waals surface area contributed by atoms with E-state index in [1.54, 1.807) is 0 Å². The highest BCUT2D eigenvalue weighted by molar-refractivity contribution is 7.01. The molecule has 0 aliphatic carbocycles. The fourth-order valence-corrected chi connectivity index (χ4v) is 33.2. The van der Waals surface area contributed by atoms with E-state index in [0.717, 1.165) is 24.2 Å². The molecule has 0 heterocycles. The van der Waals surface area contributed by atoms with Gasteiger partial charge >= 0.3 is 0 Å². The molecule has 0 aromatic rings. The molecular formula is C20H55N5Si4. The molecule has 0 aliphatic heterocycles. The minimum absolute atomic E-state index is 1.16. The number of hydrogen-bond acceptors (Lipinski definition) is 5. The normalized spacial score (nSPS) is 14.3. The summed E-state index contributed by atoms with van der Waals surface area (Å²) in [5, 5.41) is 0. The van der Waals surface area contributed by atoms with Crippen molar-refractivity contribution >= 4 is 33.3 Å². The molecule has 0 unspecified atom stereocenters. The second kappa shape index (κ2) is 12.6. The van der Waals surface area contributed by atoms with Crippen molar-refractivity contribution in [3.8, 4) is 0 Å². The third kappa shape index (κ3) is 5.54. The Hall–Kier alpha value is 0.668. The van der Waals surface area contributed by atoms with Gasteiger partial charge in [-0.2, -0.15) is 0 Å². The summed E-state index contributed by atoms with van der Waals surface area (Å²) in [5.41, 5.74) is 0. The molecule has 0 amide bonds. The Balaban J connectivity index is 6.44. The molecular weight excluding hydrogens is 423 g/mol. The number of hydrogen-bond donors (Lipinski definition) is 3. The molecule has 0 spiro atoms. The lowest BCUT2D eigenvalue weighted by Crippen LogP contribution is -2.85. The van der Waals surface area contributed by atoms with E-state index in [-0.39, 0.29) is 0 Å². The van der Waals surface area contributed by atoms with Crippen LogP contribution in [0.15, 0.2) is 0 Å². The predicted octanol–water partition coefficient (Wildman–Crippen LogP) is 5.90. The molecule has 9 heteroatoms. The Kier molecular flexibility index (Phi) is 12.9. The van der Waals surface area contributed by atoms with Crippen molar-refractivity contribution in [2.75, 3.05) is 0 Å². The average Bonchev–Trinajstić information content (AvgIpc) is 2.78. The molecule has 0 aromatic carbocycles. The molecule has 29 heavy (non-hydrogen) atoms. The molecule has 0 rings (SSSR count). The maximum absolute atomic E-state index is 7.18. The van der Waals surface area contributed by atoms with E-state index in [1.807, 2.05) is 0 Å². The SMILES string of the molecule is CC[Si](CC)(CC)N(N)[Si](CC)(CC)N[Si](CC)(CC)N(N)[Si](CC)(CC)CC. The van der Waals surface area contributed by atoms with Crippen LogP contribution in [0.2, 0.25) is 60.4 Å². The summed E-state index contributed by atoms with van der Waals surface area (Å²) in [6, 6.07) is 12.1. The minimum atomic E-state index is -2.02. The van der Waals surface area contributed by atoms with Gasteiger partial charge in [0.1, 0.15) is 16.5 Å². The van der Waals surface area contributed by atoms with Gasteiger partial charge < -0.3 is 4.65 Å². The average molecular weight is 478 g/mol. The fourth-order valence-electron chi connectivity index (χ4n) is 5.52. The van der Waals surface area contributed by atoms with E-state index >= 15 is 0 Å². The van der Waals surface area contributed by atoms with Gasteiger partial charge in [0, 0.05) is 0 Å². The summed E-state index contributed by atoms with van der Waals surface area (Å²) in [6.07, 6.45) is 0. The topological polar surface area (TPSA) is 70.5 Å². The first-order chi connectivity index (χ1) is 13.6. The zero-order valence-electron chi connectivity index (χ0n) is 21.6. The van der Waals surface area contributed by atoms with Crippen molar-refractivity contribution in [2.45, 2.75) is 130 Å². The van der Waals surface area contributed by atoms with Gasteiger partial charge in [-0.3, -0.25) is 20.4 Å². The Morgan fingerprint density at radius 1 is 0.448 bits per heavy atom. The van der Waals surface area contributed by atoms with Gasteiger partial charge in [-0.1, -0.05) is 69.2 Å². The Morgan fingerprint density at radius 2 is 0.655 bits per heavy atom. The lowest BCUT2D eigenvalue weighted by Gasteiger charge is -2.56. The highest BCUT2D eigenvalue weighted by Gasteiger charge is 2.54. The third-order valence-corrected chi connectivity index (χ3v) is 34.3. The zero-order chi connectivity index (χ0) is 22.9. The van der Waals surface area contributed by atoms with Gasteiger partial charge in [-0.15, -0.1) is 0 Å². The van der Waals surface area contributed by atoms with E-state index in [2.05, 4.69) is 82.6 Å². The van der Waals surface area contributed by atoms with Crippen molar-refractivity contribution in [2.24, 2.45) is 11.7 Å². The maximum atomic E-state index is 7.18. The Morgan fingerprint density at radius 3 is 0.793 bits per heavy atom. The van der Waals surface area contributed by atoms with E-state index in [1.165, 1.54) is 36.3 Å². The maximum Gasteiger partial charge on any atom is 0.204 e. The van der Waals surface area contributed by atoms with Crippen LogP contribution in [0.25, 0.3) is 0 Å². The molecule has 0 bridgehead atoms. The number of rotatable bonds is 16. The highest BCUT2D eigenvalue weighted by atomic mass is 28.5. The summed E-state index contributed by atoms with van der Waals surface area (Å²) in [6.45, 7) is 23.7. The van der Waals surface area contributed by atoms with Crippen molar-refractivity contribution in [1.29, 1.82) is 0 Å². The van der Waals surface area contributed by atoms with Gasteiger partial charge in [0.15, 0.2) is 0 Å². The summed E-state index contributed by atoms with van der Waals surface area (Å²) < 4.78 is 9.46. The van der Waals surface area contributed by atoms with E-state index in [9.17, 15) is 0 Å². The van der Waals surface area contributed by atoms with Crippen molar-refractivity contribution in [3.63, 3.8) is 0 Å². The lowest BCUT2D eigenvalue weighted by atomic mass is 10.9. The van der Waals surface area contributed by atoms with Crippen molar-refractivity contribution in [1.82, 2.24) is 13.3 Å². The molecule has 0 fully saturated rings. The Bertz CT molecular complexity index is 394. The summed E-state index contributed by atoms with van der Waals surface area (Å²) >= 11 is 0. The van der Waals surface area contributed by atoms with E-state index < -0.39 is 33.3 Å². The van der Waals surface area contributed by atoms with Crippen LogP contribution < -0.4 is 16.3 Å². The Labute approximate surface area is 187 Å². The first kappa shape index (κ1) is 29.7. The first-order valence-electron chi connectivity index (χ1n) is 12.5. The first-order valence-corrected chi connectivity index (χ1v) is 22.4. The molecule has 0 radical (unpaired) electrons. The summed E-state index contributed by atoms with van der Waals surface area (Å²) in [4.78, 5) is 0. The van der Waals surface area contributed by atoms with Crippen LogP contribution in [-0.2, 0) is 0 Å². The number of hydrazine groups is 2. The van der Waals surface area contributed by atoms with Gasteiger partial charge in [0.25, 0.3) is 0 Å².